The number of Topliss-reactive ketones (excluding diaryl/α,β-unsaturated/α-hetero) is 1. The van der Waals surface area contributed by atoms with Gasteiger partial charge in [0, 0.05) is 18.7 Å². The molecule has 0 heterocycles. The first-order chi connectivity index (χ1) is 13.1. The smallest absolute Gasteiger partial charge is 0.180 e. The highest BCUT2D eigenvalue weighted by Gasteiger charge is 2.41. The van der Waals surface area contributed by atoms with Gasteiger partial charge in [-0.05, 0) is 43.1 Å². The standard InChI is InChI=1S/C24H38N2O/c1-3-5-6-7-11-15-24(17-18-24)16-14-21(25)23(22(27)4-2)26-19-20-12-9-8-10-13-20/h8-10,12-13,26H,3-7,11,14-19,25H2,1-2H3/b23-21-. The van der Waals surface area contributed by atoms with Crippen LogP contribution in [0, 0.1) is 5.41 Å². The molecule has 0 aliphatic heterocycles. The van der Waals surface area contributed by atoms with E-state index < -0.39 is 0 Å². The third kappa shape index (κ3) is 7.40. The summed E-state index contributed by atoms with van der Waals surface area (Å²) in [5.41, 5.74) is 9.44. The van der Waals surface area contributed by atoms with Crippen LogP contribution in [0.3, 0.4) is 0 Å². The summed E-state index contributed by atoms with van der Waals surface area (Å²) in [6.45, 7) is 4.81. The maximum atomic E-state index is 12.4. The van der Waals surface area contributed by atoms with Crippen molar-refractivity contribution in [3.63, 3.8) is 0 Å². The highest BCUT2D eigenvalue weighted by Crippen LogP contribution is 2.54. The number of rotatable bonds is 14. The van der Waals surface area contributed by atoms with Crippen molar-refractivity contribution in [1.29, 1.82) is 0 Å². The van der Waals surface area contributed by atoms with E-state index in [2.05, 4.69) is 24.4 Å². The molecule has 0 atom stereocenters. The van der Waals surface area contributed by atoms with Crippen molar-refractivity contribution in [3.05, 3.63) is 47.3 Å². The van der Waals surface area contributed by atoms with Gasteiger partial charge < -0.3 is 11.1 Å². The van der Waals surface area contributed by atoms with E-state index in [1.165, 1.54) is 51.4 Å². The molecule has 1 aromatic rings. The molecule has 1 aromatic carbocycles. The number of carbonyl (C=O) groups excluding carboxylic acids is 1. The van der Waals surface area contributed by atoms with Crippen molar-refractivity contribution in [2.24, 2.45) is 11.1 Å². The minimum absolute atomic E-state index is 0.118. The quantitative estimate of drug-likeness (QED) is 0.319. The third-order valence-corrected chi connectivity index (χ3v) is 5.93. The fraction of sp³-hybridized carbons (Fsp3) is 0.625. The van der Waals surface area contributed by atoms with Gasteiger partial charge in [0.2, 0.25) is 0 Å². The zero-order valence-electron chi connectivity index (χ0n) is 17.4. The Morgan fingerprint density at radius 2 is 1.74 bits per heavy atom. The van der Waals surface area contributed by atoms with Crippen LogP contribution < -0.4 is 11.1 Å². The topological polar surface area (TPSA) is 55.1 Å². The lowest BCUT2D eigenvalue weighted by atomic mass is 9.91. The second-order valence-electron chi connectivity index (χ2n) is 8.18. The Morgan fingerprint density at radius 3 is 2.37 bits per heavy atom. The molecule has 1 aliphatic rings. The first-order valence-electron chi connectivity index (χ1n) is 10.9. The molecule has 1 aliphatic carbocycles. The fourth-order valence-electron chi connectivity index (χ4n) is 3.78. The van der Waals surface area contributed by atoms with Crippen LogP contribution in [0.5, 0.6) is 0 Å². The Labute approximate surface area is 165 Å². The van der Waals surface area contributed by atoms with Crippen LogP contribution in [-0.4, -0.2) is 5.78 Å². The van der Waals surface area contributed by atoms with Crippen molar-refractivity contribution in [2.45, 2.75) is 91.0 Å². The summed E-state index contributed by atoms with van der Waals surface area (Å²) in [4.78, 5) is 12.4. The molecule has 1 saturated carbocycles. The van der Waals surface area contributed by atoms with Crippen LogP contribution in [0.4, 0.5) is 0 Å². The molecule has 3 N–H and O–H groups in total. The SMILES string of the molecule is CCCCCCCC1(CC/C(N)=C(/NCc2ccccc2)C(=O)CC)CC1. The molecule has 3 heteroatoms. The molecule has 0 saturated heterocycles. The van der Waals surface area contributed by atoms with Crippen LogP contribution in [-0.2, 0) is 11.3 Å². The van der Waals surface area contributed by atoms with Gasteiger partial charge in [-0.1, -0.05) is 76.3 Å². The molecule has 0 radical (unpaired) electrons. The molecule has 2 rings (SSSR count). The maximum absolute atomic E-state index is 12.4. The molecular weight excluding hydrogens is 332 g/mol. The number of carbonyl (C=O) groups is 1. The summed E-state index contributed by atoms with van der Waals surface area (Å²) in [5, 5.41) is 3.31. The second kappa shape index (κ2) is 11.2. The summed E-state index contributed by atoms with van der Waals surface area (Å²) in [7, 11) is 0. The monoisotopic (exact) mass is 370 g/mol. The number of unbranched alkanes of at least 4 members (excludes halogenated alkanes) is 4. The van der Waals surface area contributed by atoms with Crippen LogP contribution in [0.2, 0.25) is 0 Å². The van der Waals surface area contributed by atoms with E-state index in [4.69, 9.17) is 5.73 Å². The summed E-state index contributed by atoms with van der Waals surface area (Å²) in [5.74, 6) is 0.118. The van der Waals surface area contributed by atoms with E-state index in [0.29, 0.717) is 24.1 Å². The van der Waals surface area contributed by atoms with Gasteiger partial charge in [-0.25, -0.2) is 0 Å². The molecule has 3 nitrogen and oxygen atoms in total. The van der Waals surface area contributed by atoms with Gasteiger partial charge in [-0.2, -0.15) is 0 Å². The Kier molecular flexibility index (Phi) is 8.90. The fourth-order valence-corrected chi connectivity index (χ4v) is 3.78. The minimum atomic E-state index is 0.118. The van der Waals surface area contributed by atoms with Gasteiger partial charge in [0.25, 0.3) is 0 Å². The van der Waals surface area contributed by atoms with Gasteiger partial charge in [0.05, 0.1) is 5.70 Å². The Bertz CT molecular complexity index is 602. The Hall–Kier alpha value is -1.77. The van der Waals surface area contributed by atoms with Gasteiger partial charge in [0.15, 0.2) is 5.78 Å². The van der Waals surface area contributed by atoms with Crippen molar-refractivity contribution >= 4 is 5.78 Å². The zero-order chi connectivity index (χ0) is 19.5. The second-order valence-corrected chi connectivity index (χ2v) is 8.18. The van der Waals surface area contributed by atoms with Crippen molar-refractivity contribution in [1.82, 2.24) is 5.32 Å². The van der Waals surface area contributed by atoms with Gasteiger partial charge in [-0.3, -0.25) is 4.79 Å². The summed E-state index contributed by atoms with van der Waals surface area (Å²) >= 11 is 0. The maximum Gasteiger partial charge on any atom is 0.180 e. The van der Waals surface area contributed by atoms with Crippen LogP contribution in [0.15, 0.2) is 41.7 Å². The molecular formula is C24H38N2O. The number of allylic oxidation sites excluding steroid dienone is 2. The molecule has 0 amide bonds. The first kappa shape index (κ1) is 21.5. The van der Waals surface area contributed by atoms with E-state index in [-0.39, 0.29) is 5.78 Å². The zero-order valence-corrected chi connectivity index (χ0v) is 17.4. The predicted molar refractivity (Wildman–Crippen MR) is 114 cm³/mol. The van der Waals surface area contributed by atoms with Crippen LogP contribution in [0.1, 0.15) is 90.0 Å². The summed E-state index contributed by atoms with van der Waals surface area (Å²) < 4.78 is 0. The average Bonchev–Trinajstić information content (AvgIpc) is 3.47. The number of hydrogen-bond acceptors (Lipinski definition) is 3. The normalized spacial score (nSPS) is 15.9. The van der Waals surface area contributed by atoms with Gasteiger partial charge >= 0.3 is 0 Å². The third-order valence-electron chi connectivity index (χ3n) is 5.93. The Morgan fingerprint density at radius 1 is 1.04 bits per heavy atom. The van der Waals surface area contributed by atoms with Crippen LogP contribution in [0.25, 0.3) is 0 Å². The lowest BCUT2D eigenvalue weighted by Gasteiger charge is -2.18. The van der Waals surface area contributed by atoms with E-state index in [0.717, 1.165) is 24.1 Å². The largest absolute Gasteiger partial charge is 0.400 e. The number of ketones is 1. The van der Waals surface area contributed by atoms with Crippen molar-refractivity contribution in [3.8, 4) is 0 Å². The number of nitrogens with two attached hydrogens (primary N) is 1. The molecule has 1 fully saturated rings. The highest BCUT2D eigenvalue weighted by molar-refractivity contribution is 5.95. The number of benzene rings is 1. The van der Waals surface area contributed by atoms with E-state index in [1.807, 2.05) is 25.1 Å². The van der Waals surface area contributed by atoms with Crippen LogP contribution >= 0.6 is 0 Å². The Balaban J connectivity index is 1.86. The predicted octanol–water partition coefficient (Wildman–Crippen LogP) is 5.85. The minimum Gasteiger partial charge on any atom is -0.400 e. The summed E-state index contributed by atoms with van der Waals surface area (Å²) in [6, 6.07) is 10.2. The molecule has 0 aromatic heterocycles. The highest BCUT2D eigenvalue weighted by atomic mass is 16.1. The molecule has 0 bridgehead atoms. The molecule has 0 unspecified atom stereocenters. The molecule has 27 heavy (non-hydrogen) atoms. The average molecular weight is 371 g/mol. The lowest BCUT2D eigenvalue weighted by Crippen LogP contribution is -2.25. The van der Waals surface area contributed by atoms with E-state index in [1.54, 1.807) is 0 Å². The van der Waals surface area contributed by atoms with Crippen molar-refractivity contribution in [2.75, 3.05) is 0 Å². The van der Waals surface area contributed by atoms with Gasteiger partial charge in [0.1, 0.15) is 0 Å². The number of nitrogens with one attached hydrogen (secondary N) is 1. The van der Waals surface area contributed by atoms with Crippen molar-refractivity contribution < 1.29 is 4.79 Å². The van der Waals surface area contributed by atoms with E-state index >= 15 is 0 Å². The van der Waals surface area contributed by atoms with E-state index in [9.17, 15) is 4.79 Å². The van der Waals surface area contributed by atoms with Gasteiger partial charge in [-0.15, -0.1) is 0 Å². The molecule has 150 valence electrons. The number of hydrogen-bond donors (Lipinski definition) is 2. The lowest BCUT2D eigenvalue weighted by molar-refractivity contribution is -0.115. The summed E-state index contributed by atoms with van der Waals surface area (Å²) in [6.07, 6.45) is 13.2. The molecule has 0 spiro atoms. The first-order valence-corrected chi connectivity index (χ1v) is 10.9.